The number of nitrogens with zero attached hydrogens (tertiary/aromatic N) is 4. The molecule has 0 unspecified atom stereocenters. The van der Waals surface area contributed by atoms with Crippen molar-refractivity contribution < 1.29 is 4.79 Å². The van der Waals surface area contributed by atoms with Gasteiger partial charge in [0.2, 0.25) is 0 Å². The highest BCUT2D eigenvalue weighted by atomic mass is 32.1. The molecule has 0 saturated carbocycles. The molecule has 0 fully saturated rings. The Morgan fingerprint density at radius 3 is 3.04 bits per heavy atom. The molecule has 4 heterocycles. The molecular weight excluding hydrogens is 312 g/mol. The summed E-state index contributed by atoms with van der Waals surface area (Å²) in [6.45, 7) is 0. The zero-order valence-electron chi connectivity index (χ0n) is 12.7. The van der Waals surface area contributed by atoms with Crippen LogP contribution >= 0.6 is 11.3 Å². The van der Waals surface area contributed by atoms with E-state index in [9.17, 15) is 4.79 Å². The minimum absolute atomic E-state index is 0.0927. The van der Waals surface area contributed by atoms with Gasteiger partial charge in [-0.05, 0) is 19.3 Å². The summed E-state index contributed by atoms with van der Waals surface area (Å²) in [6, 6.07) is 1.86. The van der Waals surface area contributed by atoms with E-state index in [1.807, 2.05) is 19.3 Å². The number of aryl methyl sites for hydroxylation is 1. The second-order valence-corrected chi connectivity index (χ2v) is 6.57. The van der Waals surface area contributed by atoms with Crippen LogP contribution in [0.15, 0.2) is 18.5 Å². The average Bonchev–Trinajstić information content (AvgIpc) is 3.17. The summed E-state index contributed by atoms with van der Waals surface area (Å²) < 4.78 is 1.66. The van der Waals surface area contributed by atoms with E-state index in [1.54, 1.807) is 22.0 Å². The number of nitrogens with one attached hydrogen (secondary N) is 2. The summed E-state index contributed by atoms with van der Waals surface area (Å²) in [5.74, 6) is 1.51. The molecule has 0 aliphatic carbocycles. The van der Waals surface area contributed by atoms with Crippen molar-refractivity contribution in [1.82, 2.24) is 19.6 Å². The van der Waals surface area contributed by atoms with E-state index in [0.29, 0.717) is 23.4 Å². The maximum absolute atomic E-state index is 12.5. The molecule has 7 nitrogen and oxygen atoms in total. The van der Waals surface area contributed by atoms with Crippen LogP contribution in [-0.4, -0.2) is 32.4 Å². The maximum atomic E-state index is 12.5. The minimum Gasteiger partial charge on any atom is -0.373 e. The van der Waals surface area contributed by atoms with Crippen molar-refractivity contribution in [2.24, 2.45) is 0 Å². The number of hydrogen-bond donors (Lipinski definition) is 2. The van der Waals surface area contributed by atoms with Gasteiger partial charge in [0.05, 0.1) is 11.8 Å². The van der Waals surface area contributed by atoms with Gasteiger partial charge in [-0.15, -0.1) is 11.3 Å². The van der Waals surface area contributed by atoms with Crippen molar-refractivity contribution in [3.05, 3.63) is 28.9 Å². The van der Waals surface area contributed by atoms with Crippen LogP contribution in [0.5, 0.6) is 0 Å². The Morgan fingerprint density at radius 1 is 1.30 bits per heavy atom. The lowest BCUT2D eigenvalue weighted by molar-refractivity contribution is 0.0981. The first-order valence-corrected chi connectivity index (χ1v) is 8.38. The Labute approximate surface area is 136 Å². The van der Waals surface area contributed by atoms with Crippen LogP contribution in [0.25, 0.3) is 5.65 Å². The third-order valence-corrected chi connectivity index (χ3v) is 4.87. The predicted molar refractivity (Wildman–Crippen MR) is 89.8 cm³/mol. The normalized spacial score (nSPS) is 14.9. The van der Waals surface area contributed by atoms with Crippen molar-refractivity contribution >= 4 is 39.5 Å². The molecule has 0 radical (unpaired) electrons. The van der Waals surface area contributed by atoms with Crippen molar-refractivity contribution in [2.75, 3.05) is 17.7 Å². The maximum Gasteiger partial charge on any atom is 0.188 e. The highest BCUT2D eigenvalue weighted by molar-refractivity contribution is 7.15. The molecule has 1 aliphatic rings. The molecule has 3 aromatic heterocycles. The van der Waals surface area contributed by atoms with Crippen molar-refractivity contribution in [3.8, 4) is 0 Å². The Kier molecular flexibility index (Phi) is 3.45. The highest BCUT2D eigenvalue weighted by Gasteiger charge is 2.17. The van der Waals surface area contributed by atoms with Gasteiger partial charge in [0.15, 0.2) is 16.6 Å². The van der Waals surface area contributed by atoms with Gasteiger partial charge in [-0.2, -0.15) is 9.61 Å². The second kappa shape index (κ2) is 5.62. The Morgan fingerprint density at radius 2 is 2.17 bits per heavy atom. The zero-order chi connectivity index (χ0) is 15.8. The predicted octanol–water partition coefficient (Wildman–Crippen LogP) is 2.88. The van der Waals surface area contributed by atoms with Crippen LogP contribution in [0.3, 0.4) is 0 Å². The van der Waals surface area contributed by atoms with Gasteiger partial charge in [-0.1, -0.05) is 0 Å². The van der Waals surface area contributed by atoms with E-state index in [-0.39, 0.29) is 5.78 Å². The number of anilines is 3. The van der Waals surface area contributed by atoms with Crippen LogP contribution in [0, 0.1) is 0 Å². The number of thiazole rings is 1. The quantitative estimate of drug-likeness (QED) is 0.714. The number of carbonyl (C=O) groups excluding carboxylic acids is 1. The Balaban J connectivity index is 1.88. The first-order chi connectivity index (χ1) is 11.2. The lowest BCUT2D eigenvalue weighted by Gasteiger charge is -2.08. The first-order valence-electron chi connectivity index (χ1n) is 7.56. The molecule has 23 heavy (non-hydrogen) atoms. The van der Waals surface area contributed by atoms with Crippen LogP contribution in [0.1, 0.15) is 34.5 Å². The Hall–Kier alpha value is -2.48. The highest BCUT2D eigenvalue weighted by Crippen LogP contribution is 2.27. The molecule has 3 aromatic rings. The van der Waals surface area contributed by atoms with E-state index >= 15 is 0 Å². The molecular formula is C15H16N6OS. The molecule has 8 heteroatoms. The number of aromatic nitrogens is 4. The van der Waals surface area contributed by atoms with Crippen molar-refractivity contribution in [2.45, 2.75) is 25.7 Å². The van der Waals surface area contributed by atoms with E-state index < -0.39 is 0 Å². The molecule has 4 bridgehead atoms. The van der Waals surface area contributed by atoms with Crippen molar-refractivity contribution in [1.29, 1.82) is 0 Å². The van der Waals surface area contributed by atoms with Crippen LogP contribution in [-0.2, 0) is 6.42 Å². The zero-order valence-corrected chi connectivity index (χ0v) is 13.5. The van der Waals surface area contributed by atoms with Crippen LogP contribution < -0.4 is 10.6 Å². The molecule has 118 valence electrons. The molecule has 4 rings (SSSR count). The molecule has 0 spiro atoms. The number of hydrogen-bond acceptors (Lipinski definition) is 7. The van der Waals surface area contributed by atoms with Gasteiger partial charge < -0.3 is 10.6 Å². The summed E-state index contributed by atoms with van der Waals surface area (Å²) in [7, 11) is 1.82. The van der Waals surface area contributed by atoms with Gasteiger partial charge in [-0.25, -0.2) is 9.97 Å². The van der Waals surface area contributed by atoms with Crippen LogP contribution in [0.4, 0.5) is 16.8 Å². The first kappa shape index (κ1) is 14.1. The van der Waals surface area contributed by atoms with Gasteiger partial charge in [-0.3, -0.25) is 4.79 Å². The molecule has 2 N–H and O–H groups in total. The summed E-state index contributed by atoms with van der Waals surface area (Å²) >= 11 is 1.63. The summed E-state index contributed by atoms with van der Waals surface area (Å²) in [5, 5.41) is 11.4. The molecule has 0 amide bonds. The smallest absolute Gasteiger partial charge is 0.188 e. The second-order valence-electron chi connectivity index (χ2n) is 5.46. The molecule has 0 saturated heterocycles. The van der Waals surface area contributed by atoms with E-state index in [1.165, 1.54) is 4.88 Å². The lowest BCUT2D eigenvalue weighted by atomic mass is 10.1. The SMILES string of the molecule is CNc1cc2nc3c(cnn13)C(=O)CCCCc1cnc(s1)N2. The molecule has 1 aliphatic heterocycles. The Bertz CT molecular complexity index is 883. The van der Waals surface area contributed by atoms with Gasteiger partial charge in [0.1, 0.15) is 11.6 Å². The van der Waals surface area contributed by atoms with E-state index in [0.717, 1.165) is 30.2 Å². The topological polar surface area (TPSA) is 84.2 Å². The summed E-state index contributed by atoms with van der Waals surface area (Å²) in [6.07, 6.45) is 6.79. The lowest BCUT2D eigenvalue weighted by Crippen LogP contribution is -2.06. The molecule has 0 aromatic carbocycles. The van der Waals surface area contributed by atoms with Gasteiger partial charge in [0.25, 0.3) is 0 Å². The average molecular weight is 328 g/mol. The van der Waals surface area contributed by atoms with Gasteiger partial charge >= 0.3 is 0 Å². The fourth-order valence-electron chi connectivity index (χ4n) is 2.71. The third-order valence-electron chi connectivity index (χ3n) is 3.89. The summed E-state index contributed by atoms with van der Waals surface area (Å²) in [5.41, 5.74) is 1.14. The fraction of sp³-hybridized carbons (Fsp3) is 0.333. The van der Waals surface area contributed by atoms with E-state index in [2.05, 4.69) is 25.7 Å². The monoisotopic (exact) mass is 328 g/mol. The number of Topliss-reactive ketones (excluding diaryl/α,β-unsaturated/α-hetero) is 1. The number of fused-ring (bicyclic) bond motifs is 3. The van der Waals surface area contributed by atoms with Crippen molar-refractivity contribution in [3.63, 3.8) is 0 Å². The standard InChI is InChI=1S/C15H16N6OS/c1-16-13-6-12-19-14-10(8-18-21(13)14)11(22)5-3-2-4-9-7-17-15(20-12)23-9/h6-8,16H,2-5H2,1H3,(H,17,19,20). The summed E-state index contributed by atoms with van der Waals surface area (Å²) in [4.78, 5) is 22.7. The number of ketones is 1. The minimum atomic E-state index is 0.0927. The number of rotatable bonds is 1. The number of carbonyl (C=O) groups is 1. The largest absolute Gasteiger partial charge is 0.373 e. The van der Waals surface area contributed by atoms with Gasteiger partial charge in [0, 0.05) is 30.6 Å². The van der Waals surface area contributed by atoms with E-state index in [4.69, 9.17) is 0 Å². The van der Waals surface area contributed by atoms with Crippen LogP contribution in [0.2, 0.25) is 0 Å². The molecule has 0 atom stereocenters. The fourth-order valence-corrected chi connectivity index (χ4v) is 3.57. The third kappa shape index (κ3) is 2.55.